The number of hydrogen-bond acceptors (Lipinski definition) is 2. The quantitative estimate of drug-likeness (QED) is 0.862. The van der Waals surface area contributed by atoms with Gasteiger partial charge >= 0.3 is 6.18 Å². The molecule has 0 aliphatic carbocycles. The van der Waals surface area contributed by atoms with Crippen molar-refractivity contribution in [2.75, 3.05) is 18.4 Å². The normalized spacial score (nSPS) is 21.6. The Kier molecular flexibility index (Phi) is 4.04. The van der Waals surface area contributed by atoms with Crippen LogP contribution in [0.15, 0.2) is 18.2 Å². The zero-order valence-corrected chi connectivity index (χ0v) is 12.4. The number of carbonyl (C=O) groups is 2. The SMILES string of the molecule is O=C1CCc2cc(C(=O)N3CCCC(C(F)(F)F)C3)ccc2N1. The Morgan fingerprint density at radius 3 is 2.78 bits per heavy atom. The molecule has 1 aromatic carbocycles. The molecule has 1 atom stereocenters. The van der Waals surface area contributed by atoms with Crippen LogP contribution in [-0.2, 0) is 11.2 Å². The molecule has 1 fully saturated rings. The number of halogens is 3. The third-order valence-electron chi connectivity index (χ3n) is 4.42. The summed E-state index contributed by atoms with van der Waals surface area (Å²) in [5, 5.41) is 2.72. The summed E-state index contributed by atoms with van der Waals surface area (Å²) in [7, 11) is 0. The first-order valence-corrected chi connectivity index (χ1v) is 7.63. The van der Waals surface area contributed by atoms with Crippen molar-refractivity contribution in [1.29, 1.82) is 0 Å². The van der Waals surface area contributed by atoms with E-state index in [4.69, 9.17) is 0 Å². The van der Waals surface area contributed by atoms with Gasteiger partial charge in [0.15, 0.2) is 0 Å². The molecule has 0 aromatic heterocycles. The van der Waals surface area contributed by atoms with E-state index in [2.05, 4.69) is 5.32 Å². The van der Waals surface area contributed by atoms with Gasteiger partial charge < -0.3 is 10.2 Å². The van der Waals surface area contributed by atoms with Crippen molar-refractivity contribution < 1.29 is 22.8 Å². The summed E-state index contributed by atoms with van der Waals surface area (Å²) in [6.45, 7) is 0.0649. The average molecular weight is 326 g/mol. The molecule has 4 nitrogen and oxygen atoms in total. The molecule has 0 saturated carbocycles. The first-order chi connectivity index (χ1) is 10.8. The Hall–Kier alpha value is -2.05. The van der Waals surface area contributed by atoms with Crippen LogP contribution in [0.5, 0.6) is 0 Å². The van der Waals surface area contributed by atoms with Gasteiger partial charge in [-0.05, 0) is 43.0 Å². The molecule has 2 heterocycles. The number of likely N-dealkylation sites (tertiary alicyclic amines) is 1. The molecule has 124 valence electrons. The number of nitrogens with one attached hydrogen (secondary N) is 1. The predicted molar refractivity (Wildman–Crippen MR) is 78.1 cm³/mol. The average Bonchev–Trinajstić information content (AvgIpc) is 2.53. The summed E-state index contributed by atoms with van der Waals surface area (Å²) in [4.78, 5) is 25.1. The maximum Gasteiger partial charge on any atom is 0.393 e. The number of hydrogen-bond donors (Lipinski definition) is 1. The number of carbonyl (C=O) groups excluding carboxylic acids is 2. The molecule has 7 heteroatoms. The molecule has 1 saturated heterocycles. The second-order valence-electron chi connectivity index (χ2n) is 6.05. The van der Waals surface area contributed by atoms with Crippen molar-refractivity contribution in [1.82, 2.24) is 4.90 Å². The zero-order chi connectivity index (χ0) is 16.6. The van der Waals surface area contributed by atoms with E-state index in [1.807, 2.05) is 0 Å². The van der Waals surface area contributed by atoms with Gasteiger partial charge in [-0.1, -0.05) is 0 Å². The van der Waals surface area contributed by atoms with Crippen LogP contribution in [-0.4, -0.2) is 36.0 Å². The Morgan fingerprint density at radius 1 is 1.26 bits per heavy atom. The van der Waals surface area contributed by atoms with Crippen molar-refractivity contribution in [3.8, 4) is 0 Å². The van der Waals surface area contributed by atoms with Crippen LogP contribution >= 0.6 is 0 Å². The maximum absolute atomic E-state index is 12.9. The first kappa shape index (κ1) is 15.8. The highest BCUT2D eigenvalue weighted by Crippen LogP contribution is 2.34. The van der Waals surface area contributed by atoms with E-state index in [1.54, 1.807) is 18.2 Å². The van der Waals surface area contributed by atoms with Gasteiger partial charge in [0, 0.05) is 30.8 Å². The van der Waals surface area contributed by atoms with Crippen LogP contribution in [0.25, 0.3) is 0 Å². The van der Waals surface area contributed by atoms with Crippen molar-refractivity contribution >= 4 is 17.5 Å². The summed E-state index contributed by atoms with van der Waals surface area (Å²) < 4.78 is 38.6. The molecule has 23 heavy (non-hydrogen) atoms. The second-order valence-corrected chi connectivity index (χ2v) is 6.05. The van der Waals surface area contributed by atoms with E-state index in [-0.39, 0.29) is 24.8 Å². The summed E-state index contributed by atoms with van der Waals surface area (Å²) in [5.74, 6) is -1.89. The number of nitrogens with zero attached hydrogens (tertiary/aromatic N) is 1. The minimum absolute atomic E-state index is 0.0689. The number of rotatable bonds is 1. The van der Waals surface area contributed by atoms with Crippen molar-refractivity contribution in [3.63, 3.8) is 0 Å². The number of aryl methyl sites for hydroxylation is 1. The topological polar surface area (TPSA) is 49.4 Å². The minimum atomic E-state index is -4.26. The molecule has 1 N–H and O–H groups in total. The Labute approximate surface area is 131 Å². The summed E-state index contributed by atoms with van der Waals surface area (Å²) in [6, 6.07) is 4.88. The number of anilines is 1. The third-order valence-corrected chi connectivity index (χ3v) is 4.42. The molecular formula is C16H17F3N2O2. The highest BCUT2D eigenvalue weighted by atomic mass is 19.4. The number of amides is 2. The van der Waals surface area contributed by atoms with Gasteiger partial charge in [0.1, 0.15) is 0 Å². The van der Waals surface area contributed by atoms with Gasteiger partial charge in [-0.3, -0.25) is 9.59 Å². The van der Waals surface area contributed by atoms with Crippen LogP contribution in [0.1, 0.15) is 35.2 Å². The Morgan fingerprint density at radius 2 is 2.04 bits per heavy atom. The van der Waals surface area contributed by atoms with Gasteiger partial charge in [-0.15, -0.1) is 0 Å². The molecule has 3 rings (SSSR count). The highest BCUT2D eigenvalue weighted by Gasteiger charge is 2.42. The molecule has 1 unspecified atom stereocenters. The lowest BCUT2D eigenvalue weighted by Gasteiger charge is -2.34. The number of piperidine rings is 1. The van der Waals surface area contributed by atoms with Crippen molar-refractivity contribution in [2.24, 2.45) is 5.92 Å². The van der Waals surface area contributed by atoms with Crippen LogP contribution in [0, 0.1) is 5.92 Å². The van der Waals surface area contributed by atoms with E-state index < -0.39 is 12.1 Å². The van der Waals surface area contributed by atoms with Gasteiger partial charge in [0.2, 0.25) is 5.91 Å². The van der Waals surface area contributed by atoms with Crippen molar-refractivity contribution in [2.45, 2.75) is 31.9 Å². The van der Waals surface area contributed by atoms with Crippen LogP contribution in [0.4, 0.5) is 18.9 Å². The monoisotopic (exact) mass is 326 g/mol. The molecule has 2 amide bonds. The minimum Gasteiger partial charge on any atom is -0.338 e. The molecule has 2 aliphatic rings. The maximum atomic E-state index is 12.9. The molecule has 2 aliphatic heterocycles. The Bertz CT molecular complexity index is 643. The summed E-state index contributed by atoms with van der Waals surface area (Å²) in [5.41, 5.74) is 1.90. The molecule has 0 radical (unpaired) electrons. The van der Waals surface area contributed by atoms with E-state index in [0.717, 1.165) is 5.56 Å². The highest BCUT2D eigenvalue weighted by molar-refractivity contribution is 5.98. The lowest BCUT2D eigenvalue weighted by Crippen LogP contribution is -2.44. The van der Waals surface area contributed by atoms with Crippen molar-refractivity contribution in [3.05, 3.63) is 29.3 Å². The zero-order valence-electron chi connectivity index (χ0n) is 12.4. The largest absolute Gasteiger partial charge is 0.393 e. The lowest BCUT2D eigenvalue weighted by molar-refractivity contribution is -0.184. The van der Waals surface area contributed by atoms with E-state index >= 15 is 0 Å². The third kappa shape index (κ3) is 3.33. The smallest absolute Gasteiger partial charge is 0.338 e. The van der Waals surface area contributed by atoms with E-state index in [0.29, 0.717) is 37.1 Å². The van der Waals surface area contributed by atoms with E-state index in [1.165, 1.54) is 4.90 Å². The van der Waals surface area contributed by atoms with Crippen LogP contribution in [0.3, 0.4) is 0 Å². The molecule has 0 bridgehead atoms. The van der Waals surface area contributed by atoms with Crippen LogP contribution < -0.4 is 5.32 Å². The lowest BCUT2D eigenvalue weighted by atomic mass is 9.96. The first-order valence-electron chi connectivity index (χ1n) is 7.63. The number of fused-ring (bicyclic) bond motifs is 1. The standard InChI is InChI=1S/C16H17F3N2O2/c17-16(18,19)12-2-1-7-21(9-12)15(23)11-3-5-13-10(8-11)4-6-14(22)20-13/h3,5,8,12H,1-2,4,6-7,9H2,(H,20,22). The summed E-state index contributed by atoms with van der Waals surface area (Å²) in [6.07, 6.45) is -2.95. The van der Waals surface area contributed by atoms with E-state index in [9.17, 15) is 22.8 Å². The Balaban J connectivity index is 1.77. The van der Waals surface area contributed by atoms with Gasteiger partial charge in [-0.25, -0.2) is 0 Å². The second kappa shape index (κ2) is 5.86. The summed E-state index contributed by atoms with van der Waals surface area (Å²) >= 11 is 0. The molecular weight excluding hydrogens is 309 g/mol. The fourth-order valence-electron chi connectivity index (χ4n) is 3.13. The van der Waals surface area contributed by atoms with Crippen LogP contribution in [0.2, 0.25) is 0 Å². The number of benzene rings is 1. The van der Waals surface area contributed by atoms with Gasteiger partial charge in [0.25, 0.3) is 5.91 Å². The predicted octanol–water partition coefficient (Wildman–Crippen LogP) is 2.99. The number of alkyl halides is 3. The fraction of sp³-hybridized carbons (Fsp3) is 0.500. The fourth-order valence-corrected chi connectivity index (χ4v) is 3.13. The van der Waals surface area contributed by atoms with Gasteiger partial charge in [0.05, 0.1) is 5.92 Å². The molecule has 1 aromatic rings. The van der Waals surface area contributed by atoms with Gasteiger partial charge in [-0.2, -0.15) is 13.2 Å². The molecule has 0 spiro atoms.